The van der Waals surface area contributed by atoms with Gasteiger partial charge in [-0.1, -0.05) is 0 Å². The fourth-order valence-corrected chi connectivity index (χ4v) is 1.51. The van der Waals surface area contributed by atoms with Gasteiger partial charge >= 0.3 is 6.36 Å². The highest BCUT2D eigenvalue weighted by Gasteiger charge is 2.31. The smallest absolute Gasteiger partial charge is 0.406 e. The highest BCUT2D eigenvalue weighted by atomic mass is 32.1. The lowest BCUT2D eigenvalue weighted by Gasteiger charge is -2.19. The zero-order valence-corrected chi connectivity index (χ0v) is 9.95. The Kier molecular flexibility index (Phi) is 4.71. The second-order valence-corrected chi connectivity index (χ2v) is 3.90. The number of nitrogens with two attached hydrogens (primary N) is 1. The van der Waals surface area contributed by atoms with Crippen molar-refractivity contribution in [1.29, 1.82) is 0 Å². The van der Waals surface area contributed by atoms with Crippen LogP contribution < -0.4 is 10.5 Å². The van der Waals surface area contributed by atoms with Crippen LogP contribution in [0, 0.1) is 0 Å². The quantitative estimate of drug-likeness (QED) is 0.499. The molecule has 0 spiro atoms. The molecule has 1 rings (SSSR count). The SMILES string of the molecule is Nc1ccc(OC(F)(F)F)cc1C(O)C(O)CS. The summed E-state index contributed by atoms with van der Waals surface area (Å²) in [4.78, 5) is 0. The summed E-state index contributed by atoms with van der Waals surface area (Å²) in [6.07, 6.45) is -7.50. The van der Waals surface area contributed by atoms with Crippen LogP contribution in [0.2, 0.25) is 0 Å². The molecule has 102 valence electrons. The Bertz CT molecular complexity index is 414. The third-order valence-electron chi connectivity index (χ3n) is 2.16. The van der Waals surface area contributed by atoms with Gasteiger partial charge in [0.15, 0.2) is 0 Å². The van der Waals surface area contributed by atoms with Gasteiger partial charge in [-0.05, 0) is 18.2 Å². The summed E-state index contributed by atoms with van der Waals surface area (Å²) in [5.74, 6) is -0.581. The Morgan fingerprint density at radius 3 is 2.44 bits per heavy atom. The highest BCUT2D eigenvalue weighted by Crippen LogP contribution is 2.30. The molecule has 8 heteroatoms. The number of hydrogen-bond acceptors (Lipinski definition) is 5. The summed E-state index contributed by atoms with van der Waals surface area (Å²) in [5.41, 5.74) is 5.52. The van der Waals surface area contributed by atoms with Crippen LogP contribution in [0.25, 0.3) is 0 Å². The molecule has 1 aromatic rings. The van der Waals surface area contributed by atoms with Crippen LogP contribution in [0.3, 0.4) is 0 Å². The van der Waals surface area contributed by atoms with E-state index in [4.69, 9.17) is 5.73 Å². The molecule has 2 unspecified atom stereocenters. The molecule has 18 heavy (non-hydrogen) atoms. The monoisotopic (exact) mass is 283 g/mol. The molecule has 0 fully saturated rings. The lowest BCUT2D eigenvalue weighted by atomic mass is 10.0. The fraction of sp³-hybridized carbons (Fsp3) is 0.400. The lowest BCUT2D eigenvalue weighted by Crippen LogP contribution is -2.21. The number of ether oxygens (including phenoxy) is 1. The van der Waals surface area contributed by atoms with Gasteiger partial charge in [0, 0.05) is 17.0 Å². The predicted molar refractivity (Wildman–Crippen MR) is 62.4 cm³/mol. The predicted octanol–water partition coefficient (Wildman–Crippen LogP) is 1.49. The van der Waals surface area contributed by atoms with Gasteiger partial charge in [-0.15, -0.1) is 13.2 Å². The van der Waals surface area contributed by atoms with Gasteiger partial charge in [-0.2, -0.15) is 12.6 Å². The standard InChI is InChI=1S/C10H12F3NO3S/c11-10(12,13)17-5-1-2-7(14)6(3-5)9(16)8(15)4-18/h1-3,8-9,15-16,18H,4,14H2. The molecular weight excluding hydrogens is 271 g/mol. The van der Waals surface area contributed by atoms with Crippen molar-refractivity contribution in [3.8, 4) is 5.75 Å². The zero-order chi connectivity index (χ0) is 13.9. The molecule has 0 aliphatic carbocycles. The van der Waals surface area contributed by atoms with Crippen molar-refractivity contribution in [1.82, 2.24) is 0 Å². The highest BCUT2D eigenvalue weighted by molar-refractivity contribution is 7.80. The van der Waals surface area contributed by atoms with Crippen molar-refractivity contribution in [2.24, 2.45) is 0 Å². The Morgan fingerprint density at radius 1 is 1.33 bits per heavy atom. The van der Waals surface area contributed by atoms with E-state index < -0.39 is 24.3 Å². The Labute approximate surface area is 107 Å². The van der Waals surface area contributed by atoms with E-state index in [1.165, 1.54) is 0 Å². The fourth-order valence-electron chi connectivity index (χ4n) is 1.31. The minimum absolute atomic E-state index is 0.0432. The number of thiol groups is 1. The van der Waals surface area contributed by atoms with Crippen LogP contribution >= 0.6 is 12.6 Å². The normalized spacial score (nSPS) is 15.2. The van der Waals surface area contributed by atoms with Crippen LogP contribution in [0.15, 0.2) is 18.2 Å². The molecule has 0 saturated heterocycles. The van der Waals surface area contributed by atoms with E-state index in [0.29, 0.717) is 0 Å². The van der Waals surface area contributed by atoms with E-state index in [1.807, 2.05) is 0 Å². The van der Waals surface area contributed by atoms with Gasteiger partial charge in [-0.25, -0.2) is 0 Å². The molecule has 2 atom stereocenters. The van der Waals surface area contributed by atoms with E-state index in [1.54, 1.807) is 0 Å². The maximum Gasteiger partial charge on any atom is 0.573 e. The van der Waals surface area contributed by atoms with Crippen molar-refractivity contribution in [2.45, 2.75) is 18.6 Å². The molecule has 0 aliphatic rings. The zero-order valence-electron chi connectivity index (χ0n) is 9.05. The molecule has 0 aromatic heterocycles. The number of nitrogen functional groups attached to an aromatic ring is 1. The number of rotatable bonds is 4. The molecule has 4 N–H and O–H groups in total. The second kappa shape index (κ2) is 5.68. The molecule has 0 bridgehead atoms. The Balaban J connectivity index is 3.01. The van der Waals surface area contributed by atoms with Gasteiger partial charge in [0.05, 0.1) is 6.10 Å². The second-order valence-electron chi connectivity index (χ2n) is 3.53. The maximum atomic E-state index is 12.0. The van der Waals surface area contributed by atoms with E-state index in [0.717, 1.165) is 18.2 Å². The van der Waals surface area contributed by atoms with Crippen molar-refractivity contribution in [3.05, 3.63) is 23.8 Å². The third-order valence-corrected chi connectivity index (χ3v) is 2.54. The van der Waals surface area contributed by atoms with Crippen LogP contribution in [-0.2, 0) is 0 Å². The Hall–Kier alpha value is -1.12. The first kappa shape index (κ1) is 14.9. The average molecular weight is 283 g/mol. The molecular formula is C10H12F3NO3S. The third kappa shape index (κ3) is 3.97. The lowest BCUT2D eigenvalue weighted by molar-refractivity contribution is -0.274. The molecule has 0 heterocycles. The van der Waals surface area contributed by atoms with E-state index in [-0.39, 0.29) is 17.0 Å². The topological polar surface area (TPSA) is 75.7 Å². The van der Waals surface area contributed by atoms with Gasteiger partial charge in [0.2, 0.25) is 0 Å². The summed E-state index contributed by atoms with van der Waals surface area (Å²) in [5, 5.41) is 19.1. The number of halogens is 3. The van der Waals surface area contributed by atoms with E-state index >= 15 is 0 Å². The van der Waals surface area contributed by atoms with Gasteiger partial charge in [0.25, 0.3) is 0 Å². The minimum Gasteiger partial charge on any atom is -0.406 e. The molecule has 1 aromatic carbocycles. The number of aliphatic hydroxyl groups excluding tert-OH is 2. The molecule has 0 radical (unpaired) electrons. The van der Waals surface area contributed by atoms with Gasteiger partial charge in [-0.3, -0.25) is 0 Å². The number of anilines is 1. The number of alkyl halides is 3. The summed E-state index contributed by atoms with van der Waals surface area (Å²) in [6.45, 7) is 0. The van der Waals surface area contributed by atoms with Gasteiger partial charge in [0.1, 0.15) is 11.9 Å². The number of aliphatic hydroxyl groups is 2. The van der Waals surface area contributed by atoms with Crippen molar-refractivity contribution < 1.29 is 28.1 Å². The number of hydrogen-bond donors (Lipinski definition) is 4. The van der Waals surface area contributed by atoms with Crippen LogP contribution in [-0.4, -0.2) is 28.4 Å². The minimum atomic E-state index is -4.83. The summed E-state index contributed by atoms with van der Waals surface area (Å²) in [7, 11) is 0. The maximum absolute atomic E-state index is 12.0. The van der Waals surface area contributed by atoms with Crippen molar-refractivity contribution >= 4 is 18.3 Å². The first-order valence-electron chi connectivity index (χ1n) is 4.86. The first-order valence-corrected chi connectivity index (χ1v) is 5.50. The molecule has 0 saturated carbocycles. The Morgan fingerprint density at radius 2 is 1.94 bits per heavy atom. The van der Waals surface area contributed by atoms with Crippen molar-refractivity contribution in [2.75, 3.05) is 11.5 Å². The van der Waals surface area contributed by atoms with Crippen molar-refractivity contribution in [3.63, 3.8) is 0 Å². The van der Waals surface area contributed by atoms with Gasteiger partial charge < -0.3 is 20.7 Å². The first-order chi connectivity index (χ1) is 8.24. The van der Waals surface area contributed by atoms with E-state index in [2.05, 4.69) is 17.4 Å². The number of benzene rings is 1. The van der Waals surface area contributed by atoms with Crippen LogP contribution in [0.4, 0.5) is 18.9 Å². The largest absolute Gasteiger partial charge is 0.573 e. The summed E-state index contributed by atoms with van der Waals surface area (Å²) in [6, 6.07) is 3.11. The average Bonchev–Trinajstić information content (AvgIpc) is 2.28. The molecule has 0 amide bonds. The van der Waals surface area contributed by atoms with E-state index in [9.17, 15) is 23.4 Å². The van der Waals surface area contributed by atoms with Crippen LogP contribution in [0.5, 0.6) is 5.75 Å². The molecule has 0 aliphatic heterocycles. The summed E-state index contributed by atoms with van der Waals surface area (Å²) >= 11 is 3.77. The van der Waals surface area contributed by atoms with Crippen LogP contribution in [0.1, 0.15) is 11.7 Å². The molecule has 4 nitrogen and oxygen atoms in total. The summed E-state index contributed by atoms with van der Waals surface area (Å²) < 4.78 is 39.8.